The highest BCUT2D eigenvalue weighted by Gasteiger charge is 2.01. The maximum Gasteiger partial charge on any atom is 0.258 e. The van der Waals surface area contributed by atoms with Crippen molar-refractivity contribution in [3.05, 3.63) is 63.1 Å². The van der Waals surface area contributed by atoms with E-state index in [1.54, 1.807) is 29.1 Å². The minimum atomic E-state index is -0.0554. The highest BCUT2D eigenvalue weighted by molar-refractivity contribution is 7.09. The van der Waals surface area contributed by atoms with Crippen molar-refractivity contribution in [2.24, 2.45) is 0 Å². The molecule has 0 fully saturated rings. The van der Waals surface area contributed by atoms with Crippen LogP contribution in [0.15, 0.2) is 47.0 Å². The molecule has 0 bridgehead atoms. The second-order valence-electron chi connectivity index (χ2n) is 4.09. The molecule has 3 aromatic rings. The molecule has 96 valence electrons. The molecule has 3 aromatic heterocycles. The molecule has 0 aliphatic rings. The van der Waals surface area contributed by atoms with E-state index >= 15 is 0 Å². The minimum Gasteiger partial charge on any atom is -0.306 e. The van der Waals surface area contributed by atoms with E-state index in [4.69, 9.17) is 0 Å². The minimum absolute atomic E-state index is 0.0554. The molecule has 1 N–H and O–H groups in total. The normalized spacial score (nSPS) is 10.9. The SMILES string of the molecule is O=c1cc(CNCc2cncs2)nc2ccccn12. The number of rotatable bonds is 4. The average Bonchev–Trinajstić information content (AvgIpc) is 2.92. The molecule has 19 heavy (non-hydrogen) atoms. The first-order valence-electron chi connectivity index (χ1n) is 5.88. The molecule has 3 heterocycles. The molecule has 0 saturated heterocycles. The largest absolute Gasteiger partial charge is 0.306 e. The number of nitrogens with one attached hydrogen (secondary N) is 1. The third kappa shape index (κ3) is 2.69. The van der Waals surface area contributed by atoms with Gasteiger partial charge in [0.05, 0.1) is 11.2 Å². The van der Waals surface area contributed by atoms with Gasteiger partial charge in [0.15, 0.2) is 0 Å². The molecule has 3 rings (SSSR count). The van der Waals surface area contributed by atoms with Gasteiger partial charge in [0.25, 0.3) is 5.56 Å². The molecule has 0 aliphatic carbocycles. The van der Waals surface area contributed by atoms with Crippen molar-refractivity contribution in [1.82, 2.24) is 19.7 Å². The lowest BCUT2D eigenvalue weighted by Gasteiger charge is -2.04. The molecule has 0 atom stereocenters. The number of fused-ring (bicyclic) bond motifs is 1. The maximum absolute atomic E-state index is 11.9. The number of hydrogen-bond donors (Lipinski definition) is 1. The second-order valence-corrected chi connectivity index (χ2v) is 5.06. The monoisotopic (exact) mass is 272 g/mol. The van der Waals surface area contributed by atoms with Gasteiger partial charge in [-0.15, -0.1) is 11.3 Å². The van der Waals surface area contributed by atoms with E-state index in [0.29, 0.717) is 12.2 Å². The summed E-state index contributed by atoms with van der Waals surface area (Å²) >= 11 is 1.60. The lowest BCUT2D eigenvalue weighted by Crippen LogP contribution is -2.19. The van der Waals surface area contributed by atoms with Crippen LogP contribution in [0.4, 0.5) is 0 Å². The van der Waals surface area contributed by atoms with Gasteiger partial charge in [-0.05, 0) is 12.1 Å². The Morgan fingerprint density at radius 3 is 3.11 bits per heavy atom. The van der Waals surface area contributed by atoms with Gasteiger partial charge in [0.2, 0.25) is 0 Å². The highest BCUT2D eigenvalue weighted by Crippen LogP contribution is 2.05. The molecule has 0 aromatic carbocycles. The summed E-state index contributed by atoms with van der Waals surface area (Å²) in [7, 11) is 0. The number of nitrogens with zero attached hydrogens (tertiary/aromatic N) is 3. The van der Waals surface area contributed by atoms with Crippen LogP contribution in [0.25, 0.3) is 5.65 Å². The summed E-state index contributed by atoms with van der Waals surface area (Å²) in [6.45, 7) is 1.30. The molecule has 0 amide bonds. The average molecular weight is 272 g/mol. The Balaban J connectivity index is 1.76. The van der Waals surface area contributed by atoms with E-state index in [0.717, 1.165) is 17.1 Å². The van der Waals surface area contributed by atoms with Gasteiger partial charge in [-0.25, -0.2) is 4.98 Å². The summed E-state index contributed by atoms with van der Waals surface area (Å²) < 4.78 is 1.53. The zero-order valence-electron chi connectivity index (χ0n) is 10.1. The summed E-state index contributed by atoms with van der Waals surface area (Å²) in [5.41, 5.74) is 3.17. The molecule has 6 heteroatoms. The van der Waals surface area contributed by atoms with Gasteiger partial charge in [0, 0.05) is 36.4 Å². The van der Waals surface area contributed by atoms with Gasteiger partial charge >= 0.3 is 0 Å². The summed E-state index contributed by atoms with van der Waals surface area (Å²) in [6.07, 6.45) is 3.56. The Labute approximate surface area is 113 Å². The molecular formula is C13H12N4OS. The first-order valence-corrected chi connectivity index (χ1v) is 6.76. The number of thiazole rings is 1. The Kier molecular flexibility index (Phi) is 3.35. The van der Waals surface area contributed by atoms with Crippen LogP contribution in [0.5, 0.6) is 0 Å². The van der Waals surface area contributed by atoms with Crippen LogP contribution in [0, 0.1) is 0 Å². The molecule has 0 radical (unpaired) electrons. The van der Waals surface area contributed by atoms with Crippen molar-refractivity contribution >= 4 is 17.0 Å². The van der Waals surface area contributed by atoms with Gasteiger partial charge in [-0.3, -0.25) is 14.2 Å². The zero-order chi connectivity index (χ0) is 13.1. The van der Waals surface area contributed by atoms with E-state index in [-0.39, 0.29) is 5.56 Å². The van der Waals surface area contributed by atoms with Crippen molar-refractivity contribution in [1.29, 1.82) is 0 Å². The molecule has 0 aliphatic heterocycles. The van der Waals surface area contributed by atoms with Crippen molar-refractivity contribution in [2.75, 3.05) is 0 Å². The Morgan fingerprint density at radius 1 is 1.32 bits per heavy atom. The molecule has 0 unspecified atom stereocenters. The fourth-order valence-electron chi connectivity index (χ4n) is 1.84. The first-order chi connectivity index (χ1) is 9.33. The fourth-order valence-corrected chi connectivity index (χ4v) is 2.40. The summed E-state index contributed by atoms with van der Waals surface area (Å²) in [6, 6.07) is 7.08. The van der Waals surface area contributed by atoms with Gasteiger partial charge < -0.3 is 5.32 Å². The number of hydrogen-bond acceptors (Lipinski definition) is 5. The van der Waals surface area contributed by atoms with Crippen molar-refractivity contribution in [2.45, 2.75) is 13.1 Å². The predicted octanol–water partition coefficient (Wildman–Crippen LogP) is 1.44. The zero-order valence-corrected chi connectivity index (χ0v) is 10.9. The lowest BCUT2D eigenvalue weighted by atomic mass is 10.3. The molecule has 0 spiro atoms. The highest BCUT2D eigenvalue weighted by atomic mass is 32.1. The van der Waals surface area contributed by atoms with Crippen molar-refractivity contribution in [3.8, 4) is 0 Å². The van der Waals surface area contributed by atoms with Gasteiger partial charge in [0.1, 0.15) is 5.65 Å². The molecule has 0 saturated carbocycles. The van der Waals surface area contributed by atoms with Gasteiger partial charge in [-0.1, -0.05) is 6.07 Å². The van der Waals surface area contributed by atoms with Crippen LogP contribution in [-0.2, 0) is 13.1 Å². The van der Waals surface area contributed by atoms with Crippen molar-refractivity contribution < 1.29 is 0 Å². The van der Waals surface area contributed by atoms with Crippen molar-refractivity contribution in [3.63, 3.8) is 0 Å². The van der Waals surface area contributed by atoms with Crippen LogP contribution in [-0.4, -0.2) is 14.4 Å². The first kappa shape index (κ1) is 12.0. The maximum atomic E-state index is 11.9. The quantitative estimate of drug-likeness (QED) is 0.781. The third-order valence-corrected chi connectivity index (χ3v) is 3.49. The van der Waals surface area contributed by atoms with Crippen LogP contribution in [0.1, 0.15) is 10.6 Å². The Hall–Kier alpha value is -2.05. The predicted molar refractivity (Wildman–Crippen MR) is 74.1 cm³/mol. The van der Waals surface area contributed by atoms with Gasteiger partial charge in [-0.2, -0.15) is 0 Å². The van der Waals surface area contributed by atoms with E-state index in [9.17, 15) is 4.79 Å². The summed E-state index contributed by atoms with van der Waals surface area (Å²) in [4.78, 5) is 21.5. The second kappa shape index (κ2) is 5.29. The Bertz CT molecular complexity index is 736. The van der Waals surface area contributed by atoms with Crippen LogP contribution in [0.3, 0.4) is 0 Å². The van der Waals surface area contributed by atoms with E-state index in [1.807, 2.05) is 24.4 Å². The van der Waals surface area contributed by atoms with Crippen LogP contribution < -0.4 is 10.9 Å². The van der Waals surface area contributed by atoms with Crippen LogP contribution in [0.2, 0.25) is 0 Å². The summed E-state index contributed by atoms with van der Waals surface area (Å²) in [5, 5.41) is 3.26. The lowest BCUT2D eigenvalue weighted by molar-refractivity contribution is 0.684. The molecule has 5 nitrogen and oxygen atoms in total. The fraction of sp³-hybridized carbons (Fsp3) is 0.154. The van der Waals surface area contributed by atoms with E-state index < -0.39 is 0 Å². The van der Waals surface area contributed by atoms with E-state index in [1.165, 1.54) is 4.40 Å². The summed E-state index contributed by atoms with van der Waals surface area (Å²) in [5.74, 6) is 0. The topological polar surface area (TPSA) is 59.3 Å². The molecular weight excluding hydrogens is 260 g/mol. The third-order valence-electron chi connectivity index (χ3n) is 2.71. The number of pyridine rings is 1. The van der Waals surface area contributed by atoms with Crippen LogP contribution >= 0.6 is 11.3 Å². The van der Waals surface area contributed by atoms with E-state index in [2.05, 4.69) is 15.3 Å². The smallest absolute Gasteiger partial charge is 0.258 e. The number of aromatic nitrogens is 3. The Morgan fingerprint density at radius 2 is 2.26 bits per heavy atom. The standard InChI is InChI=1S/C13H12N4OS/c18-13-5-10(6-14-7-11-8-15-9-19-11)16-12-3-1-2-4-17(12)13/h1-5,8-9,14H,6-7H2.